The third-order valence-electron chi connectivity index (χ3n) is 2.75. The summed E-state index contributed by atoms with van der Waals surface area (Å²) >= 11 is 0. The zero-order valence-electron chi connectivity index (χ0n) is 11.2. The number of ether oxygens (including phenoxy) is 1. The molecule has 5 nitrogen and oxygen atoms in total. The van der Waals surface area contributed by atoms with Crippen molar-refractivity contribution in [1.29, 1.82) is 0 Å². The highest BCUT2D eigenvalue weighted by Crippen LogP contribution is 2.03. The third kappa shape index (κ3) is 6.27. The fraction of sp³-hybridized carbons (Fsp3) is 0.692. The predicted octanol–water partition coefficient (Wildman–Crippen LogP) is 2.50. The lowest BCUT2D eigenvalue weighted by atomic mass is 10.1. The first-order valence-corrected chi connectivity index (χ1v) is 6.60. The molecule has 0 fully saturated rings. The number of H-pyrrole nitrogens is 1. The lowest BCUT2D eigenvalue weighted by Gasteiger charge is -2.11. The van der Waals surface area contributed by atoms with Crippen LogP contribution in [0.1, 0.15) is 38.8 Å². The predicted molar refractivity (Wildman–Crippen MR) is 70.3 cm³/mol. The lowest BCUT2D eigenvalue weighted by molar-refractivity contribution is 0.143. The van der Waals surface area contributed by atoms with E-state index in [0.29, 0.717) is 19.1 Å². The van der Waals surface area contributed by atoms with Crippen molar-refractivity contribution in [2.24, 2.45) is 5.92 Å². The Balaban J connectivity index is 1.99. The summed E-state index contributed by atoms with van der Waals surface area (Å²) in [5.41, 5.74) is 1.07. The highest BCUT2D eigenvalue weighted by Gasteiger charge is 2.05. The minimum Gasteiger partial charge on any atom is -0.450 e. The molecule has 1 heterocycles. The SMILES string of the molecule is CCC[C@@H](C)CNC(=O)OCCCc1cnc[nH]1. The highest BCUT2D eigenvalue weighted by molar-refractivity contribution is 5.67. The second-order valence-electron chi connectivity index (χ2n) is 4.59. The molecule has 1 atom stereocenters. The van der Waals surface area contributed by atoms with Crippen molar-refractivity contribution >= 4 is 6.09 Å². The van der Waals surface area contributed by atoms with Crippen LogP contribution in [0.15, 0.2) is 12.5 Å². The van der Waals surface area contributed by atoms with E-state index >= 15 is 0 Å². The Morgan fingerprint density at radius 2 is 2.44 bits per heavy atom. The van der Waals surface area contributed by atoms with Crippen LogP contribution in [0.4, 0.5) is 4.79 Å². The number of amides is 1. The van der Waals surface area contributed by atoms with E-state index in [4.69, 9.17) is 4.74 Å². The number of aromatic amines is 1. The van der Waals surface area contributed by atoms with Gasteiger partial charge in [-0.2, -0.15) is 0 Å². The largest absolute Gasteiger partial charge is 0.450 e. The van der Waals surface area contributed by atoms with Crippen LogP contribution in [-0.2, 0) is 11.2 Å². The van der Waals surface area contributed by atoms with Gasteiger partial charge < -0.3 is 15.0 Å². The number of hydrogen-bond acceptors (Lipinski definition) is 3. The summed E-state index contributed by atoms with van der Waals surface area (Å²) < 4.78 is 5.08. The molecule has 0 saturated heterocycles. The third-order valence-corrected chi connectivity index (χ3v) is 2.75. The Morgan fingerprint density at radius 1 is 1.61 bits per heavy atom. The summed E-state index contributed by atoms with van der Waals surface area (Å²) in [5, 5.41) is 2.78. The van der Waals surface area contributed by atoms with E-state index < -0.39 is 0 Å². The van der Waals surface area contributed by atoms with Crippen LogP contribution in [0, 0.1) is 5.92 Å². The summed E-state index contributed by atoms with van der Waals surface area (Å²) in [6.07, 6.45) is 7.04. The van der Waals surface area contributed by atoms with Gasteiger partial charge in [0.25, 0.3) is 0 Å². The molecule has 102 valence electrons. The first-order valence-electron chi connectivity index (χ1n) is 6.60. The molecule has 2 N–H and O–H groups in total. The summed E-state index contributed by atoms with van der Waals surface area (Å²) in [6, 6.07) is 0. The normalized spacial score (nSPS) is 12.1. The first-order chi connectivity index (χ1) is 8.72. The fourth-order valence-electron chi connectivity index (χ4n) is 1.75. The molecule has 0 aliphatic heterocycles. The van der Waals surface area contributed by atoms with Crippen molar-refractivity contribution in [2.45, 2.75) is 39.5 Å². The molecule has 0 radical (unpaired) electrons. The molecule has 1 aromatic rings. The number of imidazole rings is 1. The van der Waals surface area contributed by atoms with Gasteiger partial charge in [-0.1, -0.05) is 20.3 Å². The summed E-state index contributed by atoms with van der Waals surface area (Å²) in [4.78, 5) is 18.3. The van der Waals surface area contributed by atoms with Gasteiger partial charge >= 0.3 is 6.09 Å². The van der Waals surface area contributed by atoms with Gasteiger partial charge in [0.15, 0.2) is 0 Å². The van der Waals surface area contributed by atoms with Crippen LogP contribution >= 0.6 is 0 Å². The number of nitrogens with one attached hydrogen (secondary N) is 2. The molecule has 18 heavy (non-hydrogen) atoms. The number of nitrogens with zero attached hydrogens (tertiary/aromatic N) is 1. The number of rotatable bonds is 8. The van der Waals surface area contributed by atoms with E-state index in [2.05, 4.69) is 29.1 Å². The molecule has 0 unspecified atom stereocenters. The van der Waals surface area contributed by atoms with Crippen LogP contribution in [-0.4, -0.2) is 29.2 Å². The Kier molecular flexibility index (Phi) is 6.91. The average Bonchev–Trinajstić information content (AvgIpc) is 2.85. The van der Waals surface area contributed by atoms with Crippen LogP contribution in [0.3, 0.4) is 0 Å². The number of aryl methyl sites for hydroxylation is 1. The van der Waals surface area contributed by atoms with Gasteiger partial charge in [-0.25, -0.2) is 9.78 Å². The number of carbonyl (C=O) groups excluding carboxylic acids is 1. The van der Waals surface area contributed by atoms with E-state index in [9.17, 15) is 4.79 Å². The Labute approximate surface area is 108 Å². The molecular weight excluding hydrogens is 230 g/mol. The number of carbonyl (C=O) groups is 1. The van der Waals surface area contributed by atoms with Gasteiger partial charge in [0.1, 0.15) is 0 Å². The maximum absolute atomic E-state index is 11.4. The van der Waals surface area contributed by atoms with Gasteiger partial charge in [0, 0.05) is 18.4 Å². The van der Waals surface area contributed by atoms with Gasteiger partial charge in [-0.05, 0) is 25.2 Å². The standard InChI is InChI=1S/C13H23N3O2/c1-3-5-11(2)8-15-13(17)18-7-4-6-12-9-14-10-16-12/h9-11H,3-8H2,1-2H3,(H,14,16)(H,15,17)/t11-/m1/s1. The molecular formula is C13H23N3O2. The summed E-state index contributed by atoms with van der Waals surface area (Å²) in [6.45, 7) is 5.40. The van der Waals surface area contributed by atoms with Gasteiger partial charge in [-0.15, -0.1) is 0 Å². The van der Waals surface area contributed by atoms with Crippen LogP contribution in [0.25, 0.3) is 0 Å². The van der Waals surface area contributed by atoms with E-state index in [0.717, 1.165) is 31.4 Å². The average molecular weight is 253 g/mol. The lowest BCUT2D eigenvalue weighted by Crippen LogP contribution is -2.29. The Bertz CT molecular complexity index is 325. The van der Waals surface area contributed by atoms with Crippen molar-refractivity contribution in [1.82, 2.24) is 15.3 Å². The summed E-state index contributed by atoms with van der Waals surface area (Å²) in [7, 11) is 0. The van der Waals surface area contributed by atoms with Gasteiger partial charge in [0.2, 0.25) is 0 Å². The summed E-state index contributed by atoms with van der Waals surface area (Å²) in [5.74, 6) is 0.507. The van der Waals surface area contributed by atoms with Crippen molar-refractivity contribution < 1.29 is 9.53 Å². The molecule has 0 aromatic carbocycles. The van der Waals surface area contributed by atoms with Crippen molar-refractivity contribution in [2.75, 3.05) is 13.2 Å². The quantitative estimate of drug-likeness (QED) is 0.699. The number of alkyl carbamates (subject to hydrolysis) is 1. The minimum atomic E-state index is -0.317. The van der Waals surface area contributed by atoms with E-state index in [-0.39, 0.29) is 6.09 Å². The number of hydrogen-bond donors (Lipinski definition) is 2. The van der Waals surface area contributed by atoms with Crippen LogP contribution < -0.4 is 5.32 Å². The smallest absolute Gasteiger partial charge is 0.407 e. The fourth-order valence-corrected chi connectivity index (χ4v) is 1.75. The first kappa shape index (κ1) is 14.5. The highest BCUT2D eigenvalue weighted by atomic mass is 16.5. The minimum absolute atomic E-state index is 0.317. The molecule has 0 saturated carbocycles. The van der Waals surface area contributed by atoms with E-state index in [1.54, 1.807) is 12.5 Å². The molecule has 1 rings (SSSR count). The van der Waals surface area contributed by atoms with Crippen LogP contribution in [0.5, 0.6) is 0 Å². The molecule has 0 spiro atoms. The second-order valence-corrected chi connectivity index (χ2v) is 4.59. The molecule has 1 amide bonds. The second kappa shape index (κ2) is 8.55. The Hall–Kier alpha value is -1.52. The van der Waals surface area contributed by atoms with Crippen molar-refractivity contribution in [3.05, 3.63) is 18.2 Å². The Morgan fingerprint density at radius 3 is 3.11 bits per heavy atom. The van der Waals surface area contributed by atoms with Crippen LogP contribution in [0.2, 0.25) is 0 Å². The van der Waals surface area contributed by atoms with Gasteiger partial charge in [0.05, 0.1) is 12.9 Å². The topological polar surface area (TPSA) is 67.0 Å². The molecule has 5 heteroatoms. The van der Waals surface area contributed by atoms with Crippen molar-refractivity contribution in [3.8, 4) is 0 Å². The molecule has 1 aromatic heterocycles. The van der Waals surface area contributed by atoms with E-state index in [1.807, 2.05) is 0 Å². The molecule has 0 aliphatic carbocycles. The van der Waals surface area contributed by atoms with Gasteiger partial charge in [-0.3, -0.25) is 0 Å². The van der Waals surface area contributed by atoms with E-state index in [1.165, 1.54) is 0 Å². The molecule has 0 bridgehead atoms. The number of aromatic nitrogens is 2. The molecule has 0 aliphatic rings. The monoisotopic (exact) mass is 253 g/mol. The maximum Gasteiger partial charge on any atom is 0.407 e. The maximum atomic E-state index is 11.4. The van der Waals surface area contributed by atoms with Crippen molar-refractivity contribution in [3.63, 3.8) is 0 Å². The zero-order chi connectivity index (χ0) is 13.2. The zero-order valence-corrected chi connectivity index (χ0v) is 11.2.